The highest BCUT2D eigenvalue weighted by Gasteiger charge is 2.45. The van der Waals surface area contributed by atoms with Crippen molar-refractivity contribution in [2.75, 3.05) is 13.2 Å². The minimum atomic E-state index is -1.48. The molecule has 2 saturated heterocycles. The van der Waals surface area contributed by atoms with Crippen LogP contribution in [0.1, 0.15) is 6.92 Å². The van der Waals surface area contributed by atoms with Crippen molar-refractivity contribution >= 4 is 0 Å². The number of ether oxygens (including phenoxy) is 2. The summed E-state index contributed by atoms with van der Waals surface area (Å²) in [4.78, 5) is 0. The summed E-state index contributed by atoms with van der Waals surface area (Å²) in [6.07, 6.45) is -10.3. The van der Waals surface area contributed by atoms with Gasteiger partial charge >= 0.3 is 0 Å². The Balaban J connectivity index is 1.94. The standard InChI is InChI=1S/C13H25NO9/c1-4-7(16)10(19)12(21)13(23-4)22-3-6-9(18)11(20)8(17)5(2-15)14-6/h4-21H,2-3H2,1H3/t4-,5+,6+,7+,8+,9-,10+,11-,12-,13-/m0/s1. The van der Waals surface area contributed by atoms with E-state index in [2.05, 4.69) is 5.32 Å². The average Bonchev–Trinajstić information content (AvgIpc) is 2.54. The van der Waals surface area contributed by atoms with Crippen molar-refractivity contribution in [1.82, 2.24) is 5.32 Å². The molecule has 0 bridgehead atoms. The summed E-state index contributed by atoms with van der Waals surface area (Å²) in [5.74, 6) is 0. The number of rotatable bonds is 4. The van der Waals surface area contributed by atoms with E-state index in [9.17, 15) is 30.6 Å². The molecular weight excluding hydrogens is 314 g/mol. The number of piperidine rings is 1. The maximum absolute atomic E-state index is 9.94. The zero-order valence-electron chi connectivity index (χ0n) is 12.6. The highest BCUT2D eigenvalue weighted by atomic mass is 16.7. The van der Waals surface area contributed by atoms with Crippen LogP contribution in [0.25, 0.3) is 0 Å². The molecule has 10 atom stereocenters. The lowest BCUT2D eigenvalue weighted by atomic mass is 9.91. The molecule has 0 amide bonds. The summed E-state index contributed by atoms with van der Waals surface area (Å²) < 4.78 is 10.6. The van der Waals surface area contributed by atoms with Crippen molar-refractivity contribution < 1.29 is 45.2 Å². The first-order chi connectivity index (χ1) is 10.8. The van der Waals surface area contributed by atoms with Crippen molar-refractivity contribution in [2.24, 2.45) is 0 Å². The van der Waals surface area contributed by atoms with Crippen molar-refractivity contribution in [2.45, 2.75) is 68.0 Å². The predicted molar refractivity (Wildman–Crippen MR) is 74.1 cm³/mol. The van der Waals surface area contributed by atoms with Gasteiger partial charge in [-0.25, -0.2) is 0 Å². The summed E-state index contributed by atoms with van der Waals surface area (Å²) in [5, 5.41) is 70.4. The van der Waals surface area contributed by atoms with Crippen LogP contribution in [0.2, 0.25) is 0 Å². The molecule has 0 aromatic carbocycles. The fourth-order valence-electron chi connectivity index (χ4n) is 2.81. The largest absolute Gasteiger partial charge is 0.395 e. The Morgan fingerprint density at radius 2 is 1.39 bits per heavy atom. The first-order valence-corrected chi connectivity index (χ1v) is 7.50. The number of aliphatic hydroxyl groups is 7. The molecule has 2 fully saturated rings. The van der Waals surface area contributed by atoms with E-state index in [-0.39, 0.29) is 6.61 Å². The highest BCUT2D eigenvalue weighted by molar-refractivity contribution is 4.98. The predicted octanol–water partition coefficient (Wildman–Crippen LogP) is -4.75. The van der Waals surface area contributed by atoms with Gasteiger partial charge in [-0.2, -0.15) is 0 Å². The maximum Gasteiger partial charge on any atom is 0.186 e. The molecule has 2 rings (SSSR count). The Hall–Kier alpha value is -0.400. The van der Waals surface area contributed by atoms with E-state index in [1.54, 1.807) is 0 Å². The monoisotopic (exact) mass is 339 g/mol. The van der Waals surface area contributed by atoms with Crippen LogP contribution in [0.3, 0.4) is 0 Å². The lowest BCUT2D eigenvalue weighted by molar-refractivity contribution is -0.296. The van der Waals surface area contributed by atoms with E-state index in [1.165, 1.54) is 6.92 Å². The summed E-state index contributed by atoms with van der Waals surface area (Å²) in [7, 11) is 0. The van der Waals surface area contributed by atoms with Gasteiger partial charge in [0.2, 0.25) is 0 Å². The number of hydrogen-bond acceptors (Lipinski definition) is 10. The normalized spacial score (nSPS) is 51.7. The Morgan fingerprint density at radius 3 is 2.00 bits per heavy atom. The summed E-state index contributed by atoms with van der Waals surface area (Å²) in [6.45, 7) is 0.830. The van der Waals surface area contributed by atoms with Crippen LogP contribution in [0.15, 0.2) is 0 Å². The number of hydrogen-bond donors (Lipinski definition) is 8. The van der Waals surface area contributed by atoms with E-state index < -0.39 is 67.7 Å². The molecule has 2 heterocycles. The van der Waals surface area contributed by atoms with Gasteiger partial charge in [0.25, 0.3) is 0 Å². The van der Waals surface area contributed by atoms with Crippen LogP contribution < -0.4 is 5.32 Å². The van der Waals surface area contributed by atoms with Gasteiger partial charge in [-0.3, -0.25) is 0 Å². The molecule has 23 heavy (non-hydrogen) atoms. The van der Waals surface area contributed by atoms with Crippen LogP contribution in [-0.2, 0) is 9.47 Å². The molecular formula is C13H25NO9. The second-order valence-corrected chi connectivity index (χ2v) is 6.05. The van der Waals surface area contributed by atoms with Crippen LogP contribution in [-0.4, -0.2) is 110 Å². The lowest BCUT2D eigenvalue weighted by Crippen LogP contribution is -2.67. The quantitative estimate of drug-likeness (QED) is 0.248. The van der Waals surface area contributed by atoms with Crippen molar-refractivity contribution in [3.8, 4) is 0 Å². The van der Waals surface area contributed by atoms with Crippen LogP contribution >= 0.6 is 0 Å². The Kier molecular flexibility index (Phi) is 6.30. The van der Waals surface area contributed by atoms with Gasteiger partial charge in [-0.15, -0.1) is 0 Å². The Morgan fingerprint density at radius 1 is 0.826 bits per heavy atom. The Bertz CT molecular complexity index is 384. The molecule has 0 spiro atoms. The molecule has 0 unspecified atom stereocenters. The molecule has 136 valence electrons. The summed E-state index contributed by atoms with van der Waals surface area (Å²) in [5.41, 5.74) is 0. The van der Waals surface area contributed by atoms with Crippen molar-refractivity contribution in [3.63, 3.8) is 0 Å². The second kappa shape index (κ2) is 7.66. The molecule has 10 nitrogen and oxygen atoms in total. The van der Waals surface area contributed by atoms with Gasteiger partial charge in [0.15, 0.2) is 6.29 Å². The first-order valence-electron chi connectivity index (χ1n) is 7.50. The molecule has 2 aliphatic heterocycles. The molecule has 0 aliphatic carbocycles. The van der Waals surface area contributed by atoms with Crippen LogP contribution in [0, 0.1) is 0 Å². The molecule has 0 radical (unpaired) electrons. The van der Waals surface area contributed by atoms with Crippen LogP contribution in [0.4, 0.5) is 0 Å². The molecule has 0 aromatic heterocycles. The molecule has 2 aliphatic rings. The maximum atomic E-state index is 9.94. The van der Waals surface area contributed by atoms with E-state index >= 15 is 0 Å². The summed E-state index contributed by atoms with van der Waals surface area (Å²) in [6, 6.07) is -1.67. The van der Waals surface area contributed by atoms with E-state index in [4.69, 9.17) is 14.6 Å². The molecule has 8 N–H and O–H groups in total. The summed E-state index contributed by atoms with van der Waals surface area (Å²) >= 11 is 0. The van der Waals surface area contributed by atoms with Crippen molar-refractivity contribution in [1.29, 1.82) is 0 Å². The fourth-order valence-corrected chi connectivity index (χ4v) is 2.81. The molecule has 0 aromatic rings. The SMILES string of the molecule is C[C@@H]1O[C@H](OC[C@H]2N[C@H](CO)[C@@H](O)[C@H](O)[C@H]2O)[C@@H](O)[C@H](O)[C@@H]1O. The minimum Gasteiger partial charge on any atom is -0.395 e. The second-order valence-electron chi connectivity index (χ2n) is 6.05. The van der Waals surface area contributed by atoms with E-state index in [0.717, 1.165) is 0 Å². The first kappa shape index (κ1) is 18.9. The van der Waals surface area contributed by atoms with Gasteiger partial charge in [-0.05, 0) is 6.92 Å². The number of nitrogens with one attached hydrogen (secondary N) is 1. The zero-order chi connectivity index (χ0) is 17.3. The zero-order valence-corrected chi connectivity index (χ0v) is 12.6. The minimum absolute atomic E-state index is 0.224. The van der Waals surface area contributed by atoms with Gasteiger partial charge in [-0.1, -0.05) is 0 Å². The van der Waals surface area contributed by atoms with E-state index in [1.807, 2.05) is 0 Å². The van der Waals surface area contributed by atoms with Gasteiger partial charge in [0.1, 0.15) is 24.4 Å². The smallest absolute Gasteiger partial charge is 0.186 e. The van der Waals surface area contributed by atoms with Crippen LogP contribution in [0.5, 0.6) is 0 Å². The van der Waals surface area contributed by atoms with Gasteiger partial charge < -0.3 is 50.5 Å². The van der Waals surface area contributed by atoms with Crippen molar-refractivity contribution in [3.05, 3.63) is 0 Å². The highest BCUT2D eigenvalue weighted by Crippen LogP contribution is 2.23. The fraction of sp³-hybridized carbons (Fsp3) is 1.00. The third-order valence-corrected chi connectivity index (χ3v) is 4.40. The Labute approximate surface area is 132 Å². The van der Waals surface area contributed by atoms with Gasteiger partial charge in [0, 0.05) is 0 Å². The molecule has 10 heteroatoms. The average molecular weight is 339 g/mol. The number of aliphatic hydroxyl groups excluding tert-OH is 7. The third kappa shape index (κ3) is 3.82. The van der Waals surface area contributed by atoms with Gasteiger partial charge in [0.05, 0.1) is 43.6 Å². The molecule has 0 saturated carbocycles. The lowest BCUT2D eigenvalue weighted by Gasteiger charge is -2.43. The topological polar surface area (TPSA) is 172 Å². The van der Waals surface area contributed by atoms with E-state index in [0.29, 0.717) is 0 Å². The third-order valence-electron chi connectivity index (χ3n) is 4.40.